The summed E-state index contributed by atoms with van der Waals surface area (Å²) in [5.41, 5.74) is 1.48. The van der Waals surface area contributed by atoms with Crippen LogP contribution in [0.15, 0.2) is 31.0 Å². The van der Waals surface area contributed by atoms with Gasteiger partial charge in [0.2, 0.25) is 11.8 Å². The van der Waals surface area contributed by atoms with E-state index in [2.05, 4.69) is 25.3 Å². The minimum atomic E-state index is 0.468. The quantitative estimate of drug-likeness (QED) is 0.688. The smallest absolute Gasteiger partial charge is 0.241 e. The van der Waals surface area contributed by atoms with Crippen LogP contribution in [0.5, 0.6) is 5.88 Å². The van der Waals surface area contributed by atoms with E-state index in [1.165, 1.54) is 0 Å². The van der Waals surface area contributed by atoms with E-state index in [0.717, 1.165) is 5.52 Å². The number of hydrogen-bond donors (Lipinski definition) is 2. The third kappa shape index (κ3) is 2.13. The Hall–Kier alpha value is -2.48. The maximum atomic E-state index is 5.23. The van der Waals surface area contributed by atoms with Gasteiger partial charge in [0.25, 0.3) is 0 Å². The Morgan fingerprint density at radius 1 is 1.47 bits per heavy atom. The second-order valence-electron chi connectivity index (χ2n) is 3.70. The van der Waals surface area contributed by atoms with E-state index in [4.69, 9.17) is 17.0 Å². The summed E-state index contributed by atoms with van der Waals surface area (Å²) in [6, 6.07) is 1.82. The fraction of sp³-hybridized carbons (Fsp3) is 0.0909. The molecule has 96 valence electrons. The zero-order valence-electron chi connectivity index (χ0n) is 9.99. The Kier molecular flexibility index (Phi) is 2.84. The first-order valence-electron chi connectivity index (χ1n) is 5.46. The molecular weight excluding hydrogens is 264 g/mol. The maximum Gasteiger partial charge on any atom is 0.241 e. The van der Waals surface area contributed by atoms with Crippen molar-refractivity contribution in [3.8, 4) is 5.88 Å². The van der Waals surface area contributed by atoms with Crippen LogP contribution in [0.25, 0.3) is 11.0 Å². The van der Waals surface area contributed by atoms with Crippen LogP contribution >= 0.6 is 12.2 Å². The van der Waals surface area contributed by atoms with E-state index in [1.807, 2.05) is 6.07 Å². The number of thiocarbonyl (C=S) groups is 1. The number of methoxy groups -OCH3 is 1. The van der Waals surface area contributed by atoms with Gasteiger partial charge in [0.05, 0.1) is 12.6 Å². The third-order valence-corrected chi connectivity index (χ3v) is 2.84. The van der Waals surface area contributed by atoms with Gasteiger partial charge in [-0.15, -0.1) is 0 Å². The molecule has 2 N–H and O–H groups in total. The average molecular weight is 274 g/mol. The summed E-state index contributed by atoms with van der Waals surface area (Å²) in [4.78, 5) is 15.5. The van der Waals surface area contributed by atoms with Crippen molar-refractivity contribution in [2.45, 2.75) is 0 Å². The summed E-state index contributed by atoms with van der Waals surface area (Å²) in [7, 11) is 1.56. The summed E-state index contributed by atoms with van der Waals surface area (Å²) >= 11 is 5.23. The number of aromatic amines is 1. The standard InChI is InChI=1S/C11H10N6OS/c1-18-9-8-7(2-3-13-9)14-10(15-8)16-11(19)17-5-4-12-6-17/h2-6H,1H3,(H2,14,15,16,19). The number of rotatable bonds is 2. The number of H-pyrrole nitrogens is 1. The number of nitrogens with zero attached hydrogens (tertiary/aromatic N) is 4. The minimum absolute atomic E-state index is 0.468. The van der Waals surface area contributed by atoms with Gasteiger partial charge < -0.3 is 15.0 Å². The Morgan fingerprint density at radius 3 is 3.11 bits per heavy atom. The minimum Gasteiger partial charge on any atom is -0.479 e. The van der Waals surface area contributed by atoms with Crippen molar-refractivity contribution in [1.29, 1.82) is 0 Å². The lowest BCUT2D eigenvalue weighted by Gasteiger charge is -2.03. The molecule has 0 amide bonds. The Morgan fingerprint density at radius 2 is 2.37 bits per heavy atom. The number of imidazole rings is 2. The lowest BCUT2D eigenvalue weighted by atomic mass is 10.4. The number of hydrogen-bond acceptors (Lipinski definition) is 5. The highest BCUT2D eigenvalue weighted by Crippen LogP contribution is 2.21. The van der Waals surface area contributed by atoms with Crippen LogP contribution in [0.1, 0.15) is 0 Å². The zero-order valence-corrected chi connectivity index (χ0v) is 10.8. The summed E-state index contributed by atoms with van der Waals surface area (Å²) in [5.74, 6) is 0.996. The molecule has 3 aromatic rings. The summed E-state index contributed by atoms with van der Waals surface area (Å²) < 4.78 is 6.83. The van der Waals surface area contributed by atoms with Crippen LogP contribution in [0.4, 0.5) is 5.95 Å². The van der Waals surface area contributed by atoms with E-state index >= 15 is 0 Å². The summed E-state index contributed by atoms with van der Waals surface area (Å²) in [6.07, 6.45) is 6.66. The fourth-order valence-corrected chi connectivity index (χ4v) is 1.87. The van der Waals surface area contributed by atoms with Gasteiger partial charge >= 0.3 is 0 Å². The second kappa shape index (κ2) is 4.65. The number of pyridine rings is 1. The molecule has 3 aromatic heterocycles. The third-order valence-electron chi connectivity index (χ3n) is 2.52. The highest BCUT2D eigenvalue weighted by Gasteiger charge is 2.10. The van der Waals surface area contributed by atoms with E-state index in [1.54, 1.807) is 36.6 Å². The first kappa shape index (κ1) is 11.6. The molecule has 7 nitrogen and oxygen atoms in total. The molecule has 0 aliphatic carbocycles. The number of ether oxygens (including phenoxy) is 1. The second-order valence-corrected chi connectivity index (χ2v) is 4.09. The van der Waals surface area contributed by atoms with Gasteiger partial charge in [-0.05, 0) is 18.3 Å². The van der Waals surface area contributed by atoms with Crippen molar-refractivity contribution < 1.29 is 4.74 Å². The van der Waals surface area contributed by atoms with Crippen LogP contribution in [-0.4, -0.2) is 36.7 Å². The maximum absolute atomic E-state index is 5.23. The topological polar surface area (TPSA) is 80.6 Å². The van der Waals surface area contributed by atoms with E-state index < -0.39 is 0 Å². The Bertz CT molecular complexity index is 720. The van der Waals surface area contributed by atoms with Crippen molar-refractivity contribution in [2.24, 2.45) is 0 Å². The average Bonchev–Trinajstić information content (AvgIpc) is 3.06. The first-order chi connectivity index (χ1) is 9.28. The fourth-order valence-electron chi connectivity index (χ4n) is 1.66. The Labute approximate surface area is 113 Å². The molecule has 3 heterocycles. The predicted octanol–water partition coefficient (Wildman–Crippen LogP) is 1.41. The van der Waals surface area contributed by atoms with E-state index in [0.29, 0.717) is 22.5 Å². The van der Waals surface area contributed by atoms with E-state index in [9.17, 15) is 0 Å². The van der Waals surface area contributed by atoms with Gasteiger partial charge in [-0.2, -0.15) is 0 Å². The molecule has 19 heavy (non-hydrogen) atoms. The molecule has 0 bridgehead atoms. The number of anilines is 1. The molecule has 0 atom stereocenters. The van der Waals surface area contributed by atoms with Crippen LogP contribution in [0, 0.1) is 0 Å². The number of fused-ring (bicyclic) bond motifs is 1. The highest BCUT2D eigenvalue weighted by atomic mass is 32.1. The molecule has 3 rings (SSSR count). The zero-order chi connectivity index (χ0) is 13.2. The van der Waals surface area contributed by atoms with Gasteiger partial charge in [0.1, 0.15) is 6.33 Å². The molecule has 0 radical (unpaired) electrons. The molecule has 0 fully saturated rings. The van der Waals surface area contributed by atoms with E-state index in [-0.39, 0.29) is 0 Å². The van der Waals surface area contributed by atoms with Gasteiger partial charge in [-0.1, -0.05) is 0 Å². The monoisotopic (exact) mass is 274 g/mol. The van der Waals surface area contributed by atoms with Gasteiger partial charge in [-0.3, -0.25) is 4.57 Å². The van der Waals surface area contributed by atoms with Crippen molar-refractivity contribution >= 4 is 34.3 Å². The first-order valence-corrected chi connectivity index (χ1v) is 5.87. The molecule has 0 spiro atoms. The van der Waals surface area contributed by atoms with Crippen molar-refractivity contribution in [1.82, 2.24) is 24.5 Å². The van der Waals surface area contributed by atoms with Gasteiger partial charge in [-0.25, -0.2) is 15.0 Å². The van der Waals surface area contributed by atoms with Crippen molar-refractivity contribution in [2.75, 3.05) is 12.4 Å². The van der Waals surface area contributed by atoms with Crippen LogP contribution in [-0.2, 0) is 0 Å². The molecule has 0 aromatic carbocycles. The Balaban J connectivity index is 1.92. The summed E-state index contributed by atoms with van der Waals surface area (Å²) in [5, 5.41) is 3.46. The SMILES string of the molecule is COc1nccc2[nH]c(NC(=S)n3ccnc3)nc12. The molecule has 0 aliphatic rings. The molecule has 8 heteroatoms. The summed E-state index contributed by atoms with van der Waals surface area (Å²) in [6.45, 7) is 0. The molecule has 0 saturated heterocycles. The molecule has 0 unspecified atom stereocenters. The largest absolute Gasteiger partial charge is 0.479 e. The van der Waals surface area contributed by atoms with Crippen molar-refractivity contribution in [3.05, 3.63) is 31.0 Å². The van der Waals surface area contributed by atoms with Crippen molar-refractivity contribution in [3.63, 3.8) is 0 Å². The normalized spacial score (nSPS) is 10.6. The van der Waals surface area contributed by atoms with Crippen LogP contribution in [0.3, 0.4) is 0 Å². The predicted molar refractivity (Wildman–Crippen MR) is 74.3 cm³/mol. The van der Waals surface area contributed by atoms with Crippen LogP contribution in [0.2, 0.25) is 0 Å². The molecular formula is C11H10N6OS. The van der Waals surface area contributed by atoms with Gasteiger partial charge in [0, 0.05) is 18.6 Å². The molecule has 0 saturated carbocycles. The van der Waals surface area contributed by atoms with Gasteiger partial charge in [0.15, 0.2) is 10.6 Å². The number of nitrogens with one attached hydrogen (secondary N) is 2. The highest BCUT2D eigenvalue weighted by molar-refractivity contribution is 7.80. The lowest BCUT2D eigenvalue weighted by molar-refractivity contribution is 0.402. The molecule has 0 aliphatic heterocycles. The van der Waals surface area contributed by atoms with Crippen LogP contribution < -0.4 is 10.1 Å². The lowest BCUT2D eigenvalue weighted by Crippen LogP contribution is -2.18. The number of aromatic nitrogens is 5.